The molecule has 2 unspecified atom stereocenters. The summed E-state index contributed by atoms with van der Waals surface area (Å²) in [5, 5.41) is 0. The predicted octanol–water partition coefficient (Wildman–Crippen LogP) is 2.52. The fraction of sp³-hybridized carbons (Fsp3) is 0.286. The Kier molecular flexibility index (Phi) is 4.99. The minimum Gasteiger partial charge on any atom is -0.468 e. The van der Waals surface area contributed by atoms with Crippen LogP contribution >= 0.6 is 0 Å². The first-order chi connectivity index (χ1) is 13.0. The van der Waals surface area contributed by atoms with Gasteiger partial charge in [-0.2, -0.15) is 0 Å². The second-order valence-electron chi connectivity index (χ2n) is 6.29. The van der Waals surface area contributed by atoms with Crippen LogP contribution in [0.3, 0.4) is 0 Å². The topological polar surface area (TPSA) is 72.9 Å². The van der Waals surface area contributed by atoms with Crippen LogP contribution in [0.2, 0.25) is 0 Å². The Balaban J connectivity index is 2.39. The highest BCUT2D eigenvalue weighted by molar-refractivity contribution is 6.26. The molecule has 0 saturated heterocycles. The number of esters is 2. The van der Waals surface area contributed by atoms with Crippen LogP contribution < -0.4 is 4.90 Å². The van der Waals surface area contributed by atoms with Crippen LogP contribution in [-0.4, -0.2) is 38.6 Å². The van der Waals surface area contributed by atoms with Crippen molar-refractivity contribution in [3.63, 3.8) is 0 Å². The number of ether oxygens (including phenoxy) is 2. The molecule has 0 bridgehead atoms. The SMILES string of the molecule is CCOC(=O)C1(C(=O)OC)C(=O)N(C)c2ccccc2C1c1ccccc1. The van der Waals surface area contributed by atoms with Crippen molar-refractivity contribution >= 4 is 23.5 Å². The summed E-state index contributed by atoms with van der Waals surface area (Å²) >= 11 is 0. The number of methoxy groups -OCH3 is 1. The van der Waals surface area contributed by atoms with Crippen molar-refractivity contribution < 1.29 is 23.9 Å². The average molecular weight is 367 g/mol. The van der Waals surface area contributed by atoms with Crippen molar-refractivity contribution in [3.05, 3.63) is 65.7 Å². The number of benzene rings is 2. The first-order valence-corrected chi connectivity index (χ1v) is 8.67. The summed E-state index contributed by atoms with van der Waals surface area (Å²) < 4.78 is 10.2. The van der Waals surface area contributed by atoms with Gasteiger partial charge >= 0.3 is 11.9 Å². The van der Waals surface area contributed by atoms with Gasteiger partial charge < -0.3 is 14.4 Å². The third-order valence-electron chi connectivity index (χ3n) is 4.92. The summed E-state index contributed by atoms with van der Waals surface area (Å²) in [5.41, 5.74) is -0.163. The molecule has 3 rings (SSSR count). The van der Waals surface area contributed by atoms with Gasteiger partial charge in [0.05, 0.1) is 13.7 Å². The van der Waals surface area contributed by atoms with E-state index in [1.54, 1.807) is 50.4 Å². The third kappa shape index (κ3) is 2.68. The summed E-state index contributed by atoms with van der Waals surface area (Å²) in [4.78, 5) is 40.8. The predicted molar refractivity (Wildman–Crippen MR) is 99.2 cm³/mol. The number of anilines is 1. The quantitative estimate of drug-likeness (QED) is 0.613. The van der Waals surface area contributed by atoms with Crippen LogP contribution in [0, 0.1) is 5.41 Å². The zero-order valence-electron chi connectivity index (χ0n) is 15.5. The van der Waals surface area contributed by atoms with Gasteiger partial charge in [-0.15, -0.1) is 0 Å². The van der Waals surface area contributed by atoms with Crippen LogP contribution in [0.5, 0.6) is 0 Å². The molecule has 0 N–H and O–H groups in total. The first kappa shape index (κ1) is 18.6. The number of fused-ring (bicyclic) bond motifs is 1. The van der Waals surface area contributed by atoms with E-state index >= 15 is 0 Å². The van der Waals surface area contributed by atoms with E-state index in [0.29, 0.717) is 16.8 Å². The molecule has 2 atom stereocenters. The molecule has 140 valence electrons. The number of amides is 1. The Bertz CT molecular complexity index is 879. The molecule has 6 heteroatoms. The lowest BCUT2D eigenvalue weighted by Gasteiger charge is -2.43. The maximum atomic E-state index is 13.4. The number of carbonyl (C=O) groups is 3. The molecule has 0 aliphatic carbocycles. The lowest BCUT2D eigenvalue weighted by Crippen LogP contribution is -2.60. The molecule has 6 nitrogen and oxygen atoms in total. The van der Waals surface area contributed by atoms with E-state index in [1.165, 1.54) is 12.0 Å². The molecule has 2 aromatic carbocycles. The molecule has 27 heavy (non-hydrogen) atoms. The van der Waals surface area contributed by atoms with Crippen molar-refractivity contribution in [3.8, 4) is 0 Å². The van der Waals surface area contributed by atoms with Crippen LogP contribution in [0.4, 0.5) is 5.69 Å². The van der Waals surface area contributed by atoms with Gasteiger partial charge in [-0.25, -0.2) is 0 Å². The molecule has 2 aromatic rings. The van der Waals surface area contributed by atoms with Crippen LogP contribution in [-0.2, 0) is 23.9 Å². The Morgan fingerprint density at radius 2 is 1.67 bits per heavy atom. The van der Waals surface area contributed by atoms with E-state index in [-0.39, 0.29) is 6.61 Å². The monoisotopic (exact) mass is 367 g/mol. The largest absolute Gasteiger partial charge is 0.468 e. The Morgan fingerprint density at radius 3 is 2.30 bits per heavy atom. The maximum Gasteiger partial charge on any atom is 0.334 e. The summed E-state index contributed by atoms with van der Waals surface area (Å²) in [6, 6.07) is 16.2. The van der Waals surface area contributed by atoms with E-state index in [1.807, 2.05) is 18.2 Å². The van der Waals surface area contributed by atoms with Gasteiger partial charge in [0, 0.05) is 18.7 Å². The van der Waals surface area contributed by atoms with Crippen LogP contribution in [0.1, 0.15) is 24.0 Å². The zero-order valence-corrected chi connectivity index (χ0v) is 15.5. The zero-order chi connectivity index (χ0) is 19.6. The minimum absolute atomic E-state index is 0.0394. The van der Waals surface area contributed by atoms with E-state index in [2.05, 4.69) is 0 Å². The van der Waals surface area contributed by atoms with Crippen molar-refractivity contribution in [2.24, 2.45) is 5.41 Å². The van der Waals surface area contributed by atoms with Crippen molar-refractivity contribution in [2.75, 3.05) is 25.7 Å². The normalized spacial score (nSPS) is 21.4. The van der Waals surface area contributed by atoms with Crippen LogP contribution in [0.15, 0.2) is 54.6 Å². The molecule has 1 amide bonds. The molecule has 0 spiro atoms. The third-order valence-corrected chi connectivity index (χ3v) is 4.92. The molecular weight excluding hydrogens is 346 g/mol. The van der Waals surface area contributed by atoms with Gasteiger partial charge in [0.2, 0.25) is 0 Å². The molecule has 0 radical (unpaired) electrons. The molecular formula is C21H21NO5. The lowest BCUT2D eigenvalue weighted by molar-refractivity contribution is -0.175. The number of hydrogen-bond acceptors (Lipinski definition) is 5. The first-order valence-electron chi connectivity index (χ1n) is 8.67. The van der Waals surface area contributed by atoms with E-state index in [4.69, 9.17) is 9.47 Å². The molecule has 0 fully saturated rings. The Hall–Kier alpha value is -3.15. The van der Waals surface area contributed by atoms with Crippen molar-refractivity contribution in [1.82, 2.24) is 0 Å². The number of carbonyl (C=O) groups excluding carboxylic acids is 3. The Morgan fingerprint density at radius 1 is 1.04 bits per heavy atom. The molecule has 0 saturated carbocycles. The van der Waals surface area contributed by atoms with Gasteiger partial charge in [0.15, 0.2) is 0 Å². The average Bonchev–Trinajstić information content (AvgIpc) is 2.70. The van der Waals surface area contributed by atoms with Crippen molar-refractivity contribution in [1.29, 1.82) is 0 Å². The molecule has 1 aliphatic rings. The fourth-order valence-corrected chi connectivity index (χ4v) is 3.74. The highest BCUT2D eigenvalue weighted by Crippen LogP contribution is 2.51. The van der Waals surface area contributed by atoms with Gasteiger partial charge in [0.25, 0.3) is 11.3 Å². The maximum absolute atomic E-state index is 13.4. The van der Waals surface area contributed by atoms with E-state index in [0.717, 1.165) is 0 Å². The molecule has 1 aliphatic heterocycles. The highest BCUT2D eigenvalue weighted by Gasteiger charge is 2.65. The number of nitrogens with zero attached hydrogens (tertiary/aromatic N) is 1. The second kappa shape index (κ2) is 7.23. The van der Waals surface area contributed by atoms with E-state index in [9.17, 15) is 14.4 Å². The van der Waals surface area contributed by atoms with Gasteiger partial charge in [-0.05, 0) is 24.1 Å². The van der Waals surface area contributed by atoms with Gasteiger partial charge in [-0.1, -0.05) is 48.5 Å². The van der Waals surface area contributed by atoms with Gasteiger partial charge in [0.1, 0.15) is 0 Å². The standard InChI is InChI=1S/C21H21NO5/c1-4-27-20(25)21(19(24)26-3)17(14-10-6-5-7-11-14)15-12-8-9-13-16(15)22(2)18(21)23/h5-13,17H,4H2,1-3H3. The second-order valence-corrected chi connectivity index (χ2v) is 6.29. The number of hydrogen-bond donors (Lipinski definition) is 0. The summed E-state index contributed by atoms with van der Waals surface area (Å²) in [5.74, 6) is -3.36. The lowest BCUT2D eigenvalue weighted by atomic mass is 9.65. The number of para-hydroxylation sites is 1. The number of rotatable bonds is 4. The highest BCUT2D eigenvalue weighted by atomic mass is 16.6. The minimum atomic E-state index is -2.14. The summed E-state index contributed by atoms with van der Waals surface area (Å²) in [6.07, 6.45) is 0. The van der Waals surface area contributed by atoms with Gasteiger partial charge in [-0.3, -0.25) is 14.4 Å². The van der Waals surface area contributed by atoms with Crippen molar-refractivity contribution in [2.45, 2.75) is 12.8 Å². The molecule has 0 aromatic heterocycles. The van der Waals surface area contributed by atoms with E-state index < -0.39 is 29.2 Å². The Labute approximate surface area is 157 Å². The van der Waals surface area contributed by atoms with Crippen LogP contribution in [0.25, 0.3) is 0 Å². The summed E-state index contributed by atoms with van der Waals surface area (Å²) in [7, 11) is 2.71. The molecule has 1 heterocycles. The summed E-state index contributed by atoms with van der Waals surface area (Å²) in [6.45, 7) is 1.67. The fourth-order valence-electron chi connectivity index (χ4n) is 3.74. The smallest absolute Gasteiger partial charge is 0.334 e.